The van der Waals surface area contributed by atoms with E-state index in [1.807, 2.05) is 11.0 Å². The van der Waals surface area contributed by atoms with Crippen molar-refractivity contribution in [3.63, 3.8) is 0 Å². The highest BCUT2D eigenvalue weighted by atomic mass is 32.2. The number of hydrogen-bond acceptors (Lipinski definition) is 5. The maximum Gasteiger partial charge on any atom is 0.266 e. The van der Waals surface area contributed by atoms with Gasteiger partial charge in [-0.25, -0.2) is 4.39 Å². The Labute approximate surface area is 253 Å². The minimum Gasteiger partial charge on any atom is -0.456 e. The Balaban J connectivity index is 1.08. The third kappa shape index (κ3) is 5.83. The molecule has 0 atom stereocenters. The smallest absolute Gasteiger partial charge is 0.266 e. The molecular formula is C34H41FN2O2S2. The topological polar surface area (TPSA) is 36.7 Å². The number of aryl methyl sites for hydroxylation is 1. The van der Waals surface area contributed by atoms with Gasteiger partial charge in [0.2, 0.25) is 0 Å². The molecule has 0 spiro atoms. The Morgan fingerprint density at radius 3 is 2.37 bits per heavy atom. The minimum absolute atomic E-state index is 0.0599. The molecule has 8 rings (SSSR count). The summed E-state index contributed by atoms with van der Waals surface area (Å²) in [4.78, 5) is 19.1. The third-order valence-corrected chi connectivity index (χ3v) is 11.7. The van der Waals surface area contributed by atoms with Gasteiger partial charge in [-0.05, 0) is 143 Å². The van der Waals surface area contributed by atoms with Crippen molar-refractivity contribution in [1.82, 2.24) is 9.80 Å². The molecule has 1 amide bonds. The molecule has 41 heavy (non-hydrogen) atoms. The van der Waals surface area contributed by atoms with Crippen LogP contribution in [0.15, 0.2) is 39.7 Å². The van der Waals surface area contributed by atoms with E-state index in [4.69, 9.17) is 16.6 Å². The molecule has 4 bridgehead atoms. The van der Waals surface area contributed by atoms with Gasteiger partial charge >= 0.3 is 0 Å². The molecule has 0 unspecified atom stereocenters. The largest absolute Gasteiger partial charge is 0.456 e. The summed E-state index contributed by atoms with van der Waals surface area (Å²) < 4.78 is 20.7. The fourth-order valence-corrected chi connectivity index (χ4v) is 10.0. The molecule has 3 heterocycles. The highest BCUT2D eigenvalue weighted by Crippen LogP contribution is 2.56. The van der Waals surface area contributed by atoms with Crippen LogP contribution in [0.2, 0.25) is 0 Å². The van der Waals surface area contributed by atoms with Crippen molar-refractivity contribution in [3.05, 3.63) is 52.4 Å². The summed E-state index contributed by atoms with van der Waals surface area (Å²) in [6.45, 7) is 3.68. The van der Waals surface area contributed by atoms with Gasteiger partial charge in [0.15, 0.2) is 0 Å². The number of piperidine rings is 1. The summed E-state index contributed by atoms with van der Waals surface area (Å²) in [6, 6.07) is 8.80. The van der Waals surface area contributed by atoms with Crippen molar-refractivity contribution in [2.45, 2.75) is 83.1 Å². The van der Waals surface area contributed by atoms with E-state index < -0.39 is 0 Å². The van der Waals surface area contributed by atoms with Crippen LogP contribution in [0.5, 0.6) is 0 Å². The maximum absolute atomic E-state index is 13.9. The van der Waals surface area contributed by atoms with E-state index in [0.717, 1.165) is 47.3 Å². The summed E-state index contributed by atoms with van der Waals surface area (Å²) >= 11 is 7.29. The van der Waals surface area contributed by atoms with E-state index in [1.165, 1.54) is 108 Å². The molecular weight excluding hydrogens is 552 g/mol. The number of halogens is 1. The van der Waals surface area contributed by atoms with Gasteiger partial charge in [-0.3, -0.25) is 9.69 Å². The van der Waals surface area contributed by atoms with Gasteiger partial charge in [0.25, 0.3) is 5.91 Å². The Hall–Kier alpha value is -1.96. The molecule has 6 fully saturated rings. The van der Waals surface area contributed by atoms with Gasteiger partial charge in [-0.15, -0.1) is 0 Å². The van der Waals surface area contributed by atoms with Gasteiger partial charge in [-0.1, -0.05) is 36.8 Å². The average Bonchev–Trinajstić information content (AvgIpc) is 3.49. The molecule has 4 nitrogen and oxygen atoms in total. The van der Waals surface area contributed by atoms with Crippen molar-refractivity contribution in [3.8, 4) is 11.3 Å². The number of nitrogens with zero attached hydrogens (tertiary/aromatic N) is 2. The first kappa shape index (κ1) is 27.8. The number of carbonyl (C=O) groups excluding carboxylic acids is 1. The lowest BCUT2D eigenvalue weighted by molar-refractivity contribution is -0.130. The van der Waals surface area contributed by atoms with Gasteiger partial charge in [0.1, 0.15) is 21.7 Å². The Kier molecular flexibility index (Phi) is 8.13. The first-order valence-electron chi connectivity index (χ1n) is 15.9. The standard InChI is InChI=1S/C34H41FN2O2S2/c35-28-10-8-24(9-11-28)29-20-25(7-3-1-4-12-36-13-5-2-6-14-36)30(39-29)21-31-33(38)37(34(40)41-31)32-26-16-22-15-23(18-26)19-27(32)17-22/h8-11,20-23,26-27,32H,1-7,12-19H2/b31-21-. The number of furan rings is 1. The van der Waals surface area contributed by atoms with E-state index in [0.29, 0.717) is 21.1 Å². The van der Waals surface area contributed by atoms with Crippen molar-refractivity contribution in [2.75, 3.05) is 19.6 Å². The molecule has 4 saturated carbocycles. The molecule has 2 aromatic rings. The van der Waals surface area contributed by atoms with Crippen molar-refractivity contribution < 1.29 is 13.6 Å². The van der Waals surface area contributed by atoms with Crippen LogP contribution in [0.1, 0.15) is 82.0 Å². The second-order valence-corrected chi connectivity index (χ2v) is 14.9. The van der Waals surface area contributed by atoms with Crippen LogP contribution in [0.25, 0.3) is 17.4 Å². The average molecular weight is 593 g/mol. The highest BCUT2D eigenvalue weighted by Gasteiger charge is 2.53. The molecule has 6 aliphatic rings. The van der Waals surface area contributed by atoms with Crippen LogP contribution in [0, 0.1) is 29.5 Å². The predicted molar refractivity (Wildman–Crippen MR) is 168 cm³/mol. The fourth-order valence-electron chi connectivity index (χ4n) is 8.70. The molecule has 1 aromatic carbocycles. The van der Waals surface area contributed by atoms with Gasteiger partial charge in [0, 0.05) is 17.7 Å². The molecule has 218 valence electrons. The monoisotopic (exact) mass is 592 g/mol. The van der Waals surface area contributed by atoms with Crippen molar-refractivity contribution in [1.29, 1.82) is 0 Å². The molecule has 2 saturated heterocycles. The third-order valence-electron chi connectivity index (χ3n) is 10.4. The summed E-state index contributed by atoms with van der Waals surface area (Å²) in [5.41, 5.74) is 1.96. The summed E-state index contributed by atoms with van der Waals surface area (Å²) in [6.07, 6.45) is 16.8. The molecule has 4 aliphatic carbocycles. The van der Waals surface area contributed by atoms with Crippen LogP contribution in [0.4, 0.5) is 4.39 Å². The van der Waals surface area contributed by atoms with Crippen LogP contribution in [-0.2, 0) is 11.2 Å². The number of hydrogen-bond donors (Lipinski definition) is 0. The molecule has 7 heteroatoms. The van der Waals surface area contributed by atoms with Crippen LogP contribution < -0.4 is 0 Å². The number of thioether (sulfide) groups is 1. The van der Waals surface area contributed by atoms with Crippen LogP contribution in [0.3, 0.4) is 0 Å². The normalized spacial score (nSPS) is 30.7. The van der Waals surface area contributed by atoms with Gasteiger partial charge in [-0.2, -0.15) is 0 Å². The lowest BCUT2D eigenvalue weighted by atomic mass is 9.54. The lowest BCUT2D eigenvalue weighted by Crippen LogP contribution is -2.57. The van der Waals surface area contributed by atoms with E-state index in [-0.39, 0.29) is 17.8 Å². The number of thiocarbonyl (C=S) groups is 1. The van der Waals surface area contributed by atoms with Crippen LogP contribution in [-0.4, -0.2) is 45.7 Å². The number of amides is 1. The zero-order valence-electron chi connectivity index (χ0n) is 23.9. The predicted octanol–water partition coefficient (Wildman–Crippen LogP) is 8.31. The van der Waals surface area contributed by atoms with E-state index in [1.54, 1.807) is 12.1 Å². The summed E-state index contributed by atoms with van der Waals surface area (Å²) in [5, 5.41) is 0. The summed E-state index contributed by atoms with van der Waals surface area (Å²) in [7, 11) is 0. The first-order chi connectivity index (χ1) is 20.0. The number of carbonyl (C=O) groups is 1. The quantitative estimate of drug-likeness (QED) is 0.166. The van der Waals surface area contributed by atoms with Gasteiger partial charge < -0.3 is 9.32 Å². The molecule has 1 aromatic heterocycles. The van der Waals surface area contributed by atoms with E-state index in [9.17, 15) is 9.18 Å². The Morgan fingerprint density at radius 2 is 1.66 bits per heavy atom. The molecule has 0 radical (unpaired) electrons. The van der Waals surface area contributed by atoms with Crippen molar-refractivity contribution in [2.24, 2.45) is 23.7 Å². The summed E-state index contributed by atoms with van der Waals surface area (Å²) in [5.74, 6) is 4.18. The molecule has 0 N–H and O–H groups in total. The second kappa shape index (κ2) is 12.0. The first-order valence-corrected chi connectivity index (χ1v) is 17.1. The number of rotatable bonds is 9. The lowest BCUT2D eigenvalue weighted by Gasteiger charge is -2.56. The number of likely N-dealkylation sites (tertiary alicyclic amines) is 1. The zero-order chi connectivity index (χ0) is 27.9. The molecule has 2 aliphatic heterocycles. The number of benzene rings is 1. The van der Waals surface area contributed by atoms with Crippen LogP contribution >= 0.6 is 24.0 Å². The van der Waals surface area contributed by atoms with Crippen molar-refractivity contribution >= 4 is 40.3 Å². The fraction of sp³-hybridized carbons (Fsp3) is 0.588. The Morgan fingerprint density at radius 1 is 0.951 bits per heavy atom. The Bertz CT molecular complexity index is 1280. The van der Waals surface area contributed by atoms with E-state index >= 15 is 0 Å². The maximum atomic E-state index is 13.9. The SMILES string of the molecule is O=C1/C(=C/c2oc(-c3ccc(F)cc3)cc2CCCCCN2CCCCC2)SC(=S)N1C1C2CC3CC(C2)CC1C3. The minimum atomic E-state index is -0.261. The highest BCUT2D eigenvalue weighted by molar-refractivity contribution is 8.26. The zero-order valence-corrected chi connectivity index (χ0v) is 25.5. The van der Waals surface area contributed by atoms with E-state index in [2.05, 4.69) is 11.0 Å². The second-order valence-electron chi connectivity index (χ2n) is 13.2. The number of unbranched alkanes of at least 4 members (excludes halogenated alkanes) is 2. The van der Waals surface area contributed by atoms with Gasteiger partial charge in [0.05, 0.1) is 4.91 Å².